The molecule has 18 heavy (non-hydrogen) atoms. The summed E-state index contributed by atoms with van der Waals surface area (Å²) in [6, 6.07) is 8.83. The first-order chi connectivity index (χ1) is 8.68. The second-order valence-corrected chi connectivity index (χ2v) is 7.05. The Morgan fingerprint density at radius 2 is 1.50 bits per heavy atom. The zero-order valence-corrected chi connectivity index (χ0v) is 11.2. The summed E-state index contributed by atoms with van der Waals surface area (Å²) in [4.78, 5) is 0. The predicted molar refractivity (Wildman–Crippen MR) is 74.1 cm³/mol. The second kappa shape index (κ2) is 3.60. The van der Waals surface area contributed by atoms with Crippen LogP contribution in [-0.2, 0) is 5.54 Å². The number of hydrogen-bond donors (Lipinski definition) is 1. The van der Waals surface area contributed by atoms with E-state index < -0.39 is 0 Å². The molecule has 96 valence electrons. The zero-order valence-electron chi connectivity index (χ0n) is 11.2. The molecule has 1 nitrogen and oxygen atoms in total. The number of benzene rings is 1. The first-order valence-corrected chi connectivity index (χ1v) is 7.53. The van der Waals surface area contributed by atoms with Crippen LogP contribution in [0.4, 0.5) is 0 Å². The average Bonchev–Trinajstić information content (AvgIpc) is 2.35. The molecule has 4 aliphatic carbocycles. The first-order valence-electron chi connectivity index (χ1n) is 7.53. The molecule has 0 amide bonds. The van der Waals surface area contributed by atoms with E-state index in [1.807, 2.05) is 0 Å². The molecule has 0 saturated heterocycles. The normalized spacial score (nSPS) is 45.4. The van der Waals surface area contributed by atoms with Crippen LogP contribution in [0.5, 0.6) is 0 Å². The molecule has 4 bridgehead atoms. The van der Waals surface area contributed by atoms with Gasteiger partial charge in [-0.25, -0.2) is 0 Å². The highest BCUT2D eigenvalue weighted by molar-refractivity contribution is 5.36. The molecule has 1 aromatic rings. The largest absolute Gasteiger partial charge is 0.321 e. The van der Waals surface area contributed by atoms with Gasteiger partial charge in [0, 0.05) is 5.54 Å². The molecular weight excluding hydrogens is 218 g/mol. The first kappa shape index (κ1) is 11.0. The van der Waals surface area contributed by atoms with E-state index in [9.17, 15) is 0 Å². The van der Waals surface area contributed by atoms with Crippen molar-refractivity contribution in [2.75, 3.05) is 0 Å². The third-order valence-electron chi connectivity index (χ3n) is 6.10. The fourth-order valence-electron chi connectivity index (χ4n) is 5.46. The molecule has 0 aromatic heterocycles. The van der Waals surface area contributed by atoms with Crippen molar-refractivity contribution in [3.05, 3.63) is 35.4 Å². The molecular formula is C17H23N. The molecule has 1 heteroatoms. The fourth-order valence-corrected chi connectivity index (χ4v) is 5.46. The second-order valence-electron chi connectivity index (χ2n) is 7.05. The molecule has 5 rings (SSSR count). The topological polar surface area (TPSA) is 26.0 Å². The van der Waals surface area contributed by atoms with E-state index in [1.165, 1.54) is 43.2 Å². The van der Waals surface area contributed by atoms with Crippen molar-refractivity contribution in [3.8, 4) is 0 Å². The zero-order chi connectivity index (χ0) is 12.3. The molecule has 2 N–H and O–H groups in total. The van der Waals surface area contributed by atoms with Crippen LogP contribution in [0.2, 0.25) is 0 Å². The fraction of sp³-hybridized carbons (Fsp3) is 0.647. The monoisotopic (exact) mass is 241 g/mol. The number of aryl methyl sites for hydroxylation is 1. The molecule has 4 aliphatic rings. The highest BCUT2D eigenvalue weighted by atomic mass is 14.8. The van der Waals surface area contributed by atoms with Gasteiger partial charge in [-0.1, -0.05) is 24.3 Å². The summed E-state index contributed by atoms with van der Waals surface area (Å²) >= 11 is 0. The highest BCUT2D eigenvalue weighted by Gasteiger charge is 2.56. The Bertz CT molecular complexity index is 448. The third-order valence-corrected chi connectivity index (χ3v) is 6.10. The van der Waals surface area contributed by atoms with E-state index >= 15 is 0 Å². The van der Waals surface area contributed by atoms with Gasteiger partial charge in [-0.3, -0.25) is 0 Å². The number of nitrogens with two attached hydrogens (primary N) is 1. The minimum Gasteiger partial charge on any atom is -0.321 e. The van der Waals surface area contributed by atoms with E-state index in [-0.39, 0.29) is 5.54 Å². The lowest BCUT2D eigenvalue weighted by atomic mass is 9.47. The van der Waals surface area contributed by atoms with Crippen LogP contribution in [0, 0.1) is 30.6 Å². The summed E-state index contributed by atoms with van der Waals surface area (Å²) in [7, 11) is 0. The lowest BCUT2D eigenvalue weighted by molar-refractivity contribution is -0.0586. The summed E-state index contributed by atoms with van der Waals surface area (Å²) in [5.74, 6) is 3.48. The smallest absolute Gasteiger partial charge is 0.0469 e. The van der Waals surface area contributed by atoms with Crippen molar-refractivity contribution in [2.45, 2.75) is 44.6 Å². The maximum Gasteiger partial charge on any atom is 0.0469 e. The Balaban J connectivity index is 1.81. The van der Waals surface area contributed by atoms with Crippen molar-refractivity contribution < 1.29 is 0 Å². The summed E-state index contributed by atoms with van der Waals surface area (Å²) in [6.45, 7) is 2.23. The van der Waals surface area contributed by atoms with Crippen LogP contribution in [0.3, 0.4) is 0 Å². The van der Waals surface area contributed by atoms with Crippen LogP contribution in [0.25, 0.3) is 0 Å². The summed E-state index contributed by atoms with van der Waals surface area (Å²) in [5, 5.41) is 0. The number of rotatable bonds is 1. The highest BCUT2D eigenvalue weighted by Crippen LogP contribution is 2.60. The van der Waals surface area contributed by atoms with Crippen LogP contribution in [0.15, 0.2) is 24.3 Å². The van der Waals surface area contributed by atoms with Crippen molar-refractivity contribution in [1.82, 2.24) is 0 Å². The average molecular weight is 241 g/mol. The Hall–Kier alpha value is -0.820. The Kier molecular flexibility index (Phi) is 2.21. The quantitative estimate of drug-likeness (QED) is 0.798. The molecule has 4 fully saturated rings. The number of hydrogen-bond acceptors (Lipinski definition) is 1. The summed E-state index contributed by atoms with van der Waals surface area (Å²) in [6.07, 6.45) is 7.04. The van der Waals surface area contributed by atoms with Gasteiger partial charge in [0.05, 0.1) is 0 Å². The predicted octanol–water partition coefficient (Wildman–Crippen LogP) is 3.61. The van der Waals surface area contributed by atoms with Gasteiger partial charge in [-0.05, 0) is 73.8 Å². The molecule has 4 saturated carbocycles. The van der Waals surface area contributed by atoms with Crippen LogP contribution in [0.1, 0.15) is 43.2 Å². The SMILES string of the molecule is Cc1ccccc1C1(N)C2CC3CC(C2)CC1C3. The van der Waals surface area contributed by atoms with E-state index in [2.05, 4.69) is 31.2 Å². The van der Waals surface area contributed by atoms with E-state index in [0.717, 1.165) is 23.7 Å². The molecule has 0 atom stereocenters. The van der Waals surface area contributed by atoms with E-state index in [1.54, 1.807) is 0 Å². The third kappa shape index (κ3) is 1.31. The lowest BCUT2D eigenvalue weighted by Gasteiger charge is -2.60. The molecule has 0 radical (unpaired) electrons. The molecule has 0 aliphatic heterocycles. The van der Waals surface area contributed by atoms with Gasteiger partial charge in [0.25, 0.3) is 0 Å². The Morgan fingerprint density at radius 1 is 0.944 bits per heavy atom. The van der Waals surface area contributed by atoms with E-state index in [4.69, 9.17) is 5.73 Å². The van der Waals surface area contributed by atoms with Gasteiger partial charge in [0.1, 0.15) is 0 Å². The minimum atomic E-state index is -0.0151. The van der Waals surface area contributed by atoms with Crippen molar-refractivity contribution >= 4 is 0 Å². The maximum absolute atomic E-state index is 7.01. The van der Waals surface area contributed by atoms with Crippen LogP contribution >= 0.6 is 0 Å². The maximum atomic E-state index is 7.01. The van der Waals surface area contributed by atoms with Crippen molar-refractivity contribution in [1.29, 1.82) is 0 Å². The van der Waals surface area contributed by atoms with Gasteiger partial charge < -0.3 is 5.73 Å². The van der Waals surface area contributed by atoms with Crippen LogP contribution < -0.4 is 5.73 Å². The van der Waals surface area contributed by atoms with Gasteiger partial charge in [-0.2, -0.15) is 0 Å². The molecule has 0 unspecified atom stereocenters. The van der Waals surface area contributed by atoms with Gasteiger partial charge >= 0.3 is 0 Å². The Morgan fingerprint density at radius 3 is 2.06 bits per heavy atom. The van der Waals surface area contributed by atoms with E-state index in [0.29, 0.717) is 0 Å². The molecule has 1 aromatic carbocycles. The standard InChI is InChI=1S/C17H23N/c1-11-4-2-3-5-16(11)17(18)14-7-12-6-13(9-14)10-15(17)8-12/h2-5,12-15H,6-10,18H2,1H3. The van der Waals surface area contributed by atoms with Gasteiger partial charge in [-0.15, -0.1) is 0 Å². The summed E-state index contributed by atoms with van der Waals surface area (Å²) < 4.78 is 0. The molecule has 0 spiro atoms. The van der Waals surface area contributed by atoms with Crippen molar-refractivity contribution in [2.24, 2.45) is 29.4 Å². The Labute approximate surface area is 110 Å². The van der Waals surface area contributed by atoms with Gasteiger partial charge in [0.2, 0.25) is 0 Å². The summed E-state index contributed by atoms with van der Waals surface area (Å²) in [5.41, 5.74) is 9.84. The minimum absolute atomic E-state index is 0.0151. The van der Waals surface area contributed by atoms with Crippen molar-refractivity contribution in [3.63, 3.8) is 0 Å². The lowest BCUT2D eigenvalue weighted by Crippen LogP contribution is -2.60. The molecule has 0 heterocycles. The van der Waals surface area contributed by atoms with Gasteiger partial charge in [0.15, 0.2) is 0 Å². The van der Waals surface area contributed by atoms with Crippen LogP contribution in [-0.4, -0.2) is 0 Å².